The molecule has 0 unspecified atom stereocenters. The highest BCUT2D eigenvalue weighted by Gasteiger charge is 2.39. The van der Waals surface area contributed by atoms with Gasteiger partial charge in [0.15, 0.2) is 0 Å². The number of ether oxygens (including phenoxy) is 1. The van der Waals surface area contributed by atoms with E-state index in [-0.39, 0.29) is 23.5 Å². The lowest BCUT2D eigenvalue weighted by Crippen LogP contribution is -2.56. The Hall–Kier alpha value is -3.47. The molecule has 0 radical (unpaired) electrons. The average molecular weight is 677 g/mol. The van der Waals surface area contributed by atoms with Crippen molar-refractivity contribution in [3.8, 4) is 17.0 Å². The van der Waals surface area contributed by atoms with Crippen LogP contribution in [-0.4, -0.2) is 47.8 Å². The third-order valence-corrected chi connectivity index (χ3v) is 11.6. The number of halogens is 1. The zero-order valence-electron chi connectivity index (χ0n) is 27.8. The number of nitrogens with one attached hydrogen (secondary N) is 3. The van der Waals surface area contributed by atoms with E-state index in [0.29, 0.717) is 11.1 Å². The minimum absolute atomic E-state index is 0.0601. The molecule has 1 aliphatic rings. The standard InChI is InChI=1S/C37H45FN4O3S2/c1-23(39-4)34(43)41-32(25-11-7-6-8-12-25)35(44)42-33(37(2,3)47-21-24-15-17-26(45-5)18-16-24)36-40-31(22-46-36)29-19-20-30(38)28-14-10-9-13-27(28)29/h9-10,13-20,22-23,25,32-33,39H,6-8,11-12,21H2,1-5H3,(H,41,43)(H,42,44)/t23-,32-,33+/m0/s1. The molecule has 0 saturated heterocycles. The van der Waals surface area contributed by atoms with Crippen molar-refractivity contribution in [1.29, 1.82) is 0 Å². The van der Waals surface area contributed by atoms with Gasteiger partial charge in [-0.1, -0.05) is 55.7 Å². The smallest absolute Gasteiger partial charge is 0.243 e. The normalized spacial score (nSPS) is 16.0. The van der Waals surface area contributed by atoms with Gasteiger partial charge in [0.2, 0.25) is 11.8 Å². The molecule has 1 aromatic heterocycles. The van der Waals surface area contributed by atoms with E-state index >= 15 is 0 Å². The first-order chi connectivity index (χ1) is 22.6. The summed E-state index contributed by atoms with van der Waals surface area (Å²) in [6.07, 6.45) is 5.01. The number of rotatable bonds is 13. The number of aromatic nitrogens is 1. The van der Waals surface area contributed by atoms with Gasteiger partial charge in [-0.25, -0.2) is 9.37 Å². The van der Waals surface area contributed by atoms with Gasteiger partial charge in [0, 0.05) is 26.8 Å². The zero-order valence-corrected chi connectivity index (χ0v) is 29.4. The van der Waals surface area contributed by atoms with Crippen molar-refractivity contribution in [2.24, 2.45) is 5.92 Å². The van der Waals surface area contributed by atoms with Gasteiger partial charge < -0.3 is 20.7 Å². The van der Waals surface area contributed by atoms with Crippen LogP contribution >= 0.6 is 23.1 Å². The molecule has 3 N–H and O–H groups in total. The number of carbonyl (C=O) groups is 2. The van der Waals surface area contributed by atoms with E-state index < -0.39 is 22.9 Å². The highest BCUT2D eigenvalue weighted by atomic mass is 32.2. The van der Waals surface area contributed by atoms with Crippen LogP contribution < -0.4 is 20.7 Å². The lowest BCUT2D eigenvalue weighted by Gasteiger charge is -2.36. The molecule has 250 valence electrons. The van der Waals surface area contributed by atoms with Gasteiger partial charge in [0.05, 0.1) is 24.9 Å². The van der Waals surface area contributed by atoms with Crippen LogP contribution in [0.15, 0.2) is 66.0 Å². The molecular formula is C37H45FN4O3S2. The number of hydrogen-bond donors (Lipinski definition) is 3. The fraction of sp³-hybridized carbons (Fsp3) is 0.432. The Morgan fingerprint density at radius 2 is 1.70 bits per heavy atom. The average Bonchev–Trinajstić information content (AvgIpc) is 3.58. The van der Waals surface area contributed by atoms with Crippen molar-refractivity contribution < 1.29 is 18.7 Å². The van der Waals surface area contributed by atoms with E-state index in [4.69, 9.17) is 9.72 Å². The molecule has 0 spiro atoms. The minimum atomic E-state index is -0.649. The SMILES string of the molecule is CN[C@@H](C)C(=O)N[C@H](C(=O)N[C@H](c1nc(-c2ccc(F)c3ccccc23)cs1)C(C)(C)SCc1ccc(OC)cc1)C1CCCCC1. The van der Waals surface area contributed by atoms with Gasteiger partial charge in [-0.2, -0.15) is 0 Å². The monoisotopic (exact) mass is 676 g/mol. The molecule has 2 amide bonds. The number of benzene rings is 3. The van der Waals surface area contributed by atoms with Crippen molar-refractivity contribution in [3.63, 3.8) is 0 Å². The van der Waals surface area contributed by atoms with E-state index in [1.54, 1.807) is 45.0 Å². The van der Waals surface area contributed by atoms with Crippen LogP contribution in [0.2, 0.25) is 0 Å². The molecule has 1 aliphatic carbocycles. The second-order valence-corrected chi connectivity index (χ2v) is 15.3. The maximum Gasteiger partial charge on any atom is 0.243 e. The summed E-state index contributed by atoms with van der Waals surface area (Å²) in [6.45, 7) is 6.04. The Morgan fingerprint density at radius 3 is 2.38 bits per heavy atom. The highest BCUT2D eigenvalue weighted by molar-refractivity contribution is 7.99. The van der Waals surface area contributed by atoms with E-state index in [1.165, 1.54) is 17.4 Å². The largest absolute Gasteiger partial charge is 0.497 e. The molecule has 1 heterocycles. The third-order valence-electron chi connectivity index (χ3n) is 9.20. The second kappa shape index (κ2) is 15.6. The zero-order chi connectivity index (χ0) is 33.6. The topological polar surface area (TPSA) is 92.4 Å². The van der Waals surface area contributed by atoms with E-state index in [0.717, 1.165) is 65.1 Å². The Labute approximate surface area is 285 Å². The summed E-state index contributed by atoms with van der Waals surface area (Å²) in [5, 5.41) is 13.5. The Kier molecular flexibility index (Phi) is 11.6. The number of thioether (sulfide) groups is 1. The van der Waals surface area contributed by atoms with Gasteiger partial charge in [-0.05, 0) is 81.8 Å². The molecule has 1 saturated carbocycles. The van der Waals surface area contributed by atoms with E-state index in [1.807, 2.05) is 47.8 Å². The molecule has 3 atom stereocenters. The van der Waals surface area contributed by atoms with Gasteiger partial charge in [0.1, 0.15) is 22.6 Å². The summed E-state index contributed by atoms with van der Waals surface area (Å²) in [7, 11) is 3.39. The maximum absolute atomic E-state index is 14.7. The van der Waals surface area contributed by atoms with Gasteiger partial charge >= 0.3 is 0 Å². The quantitative estimate of drug-likeness (QED) is 0.135. The fourth-order valence-electron chi connectivity index (χ4n) is 6.14. The van der Waals surface area contributed by atoms with Gasteiger partial charge in [-0.3, -0.25) is 9.59 Å². The Morgan fingerprint density at radius 1 is 1.00 bits per heavy atom. The summed E-state index contributed by atoms with van der Waals surface area (Å²) in [4.78, 5) is 32.5. The van der Waals surface area contributed by atoms with Crippen LogP contribution in [0.5, 0.6) is 5.75 Å². The fourth-order valence-corrected chi connectivity index (χ4v) is 8.34. The molecule has 4 aromatic rings. The van der Waals surface area contributed by atoms with Crippen LogP contribution in [0.1, 0.15) is 69.5 Å². The first kappa shape index (κ1) is 34.9. The van der Waals surface area contributed by atoms with E-state index in [2.05, 4.69) is 29.8 Å². The second-order valence-electron chi connectivity index (χ2n) is 12.8. The van der Waals surface area contributed by atoms with Crippen molar-refractivity contribution >= 4 is 45.7 Å². The third kappa shape index (κ3) is 8.34. The lowest BCUT2D eigenvalue weighted by atomic mass is 9.83. The van der Waals surface area contributed by atoms with Crippen LogP contribution in [0.3, 0.4) is 0 Å². The highest BCUT2D eigenvalue weighted by Crippen LogP contribution is 2.42. The molecule has 7 nitrogen and oxygen atoms in total. The van der Waals surface area contributed by atoms with Crippen molar-refractivity contribution in [3.05, 3.63) is 82.4 Å². The molecular weight excluding hydrogens is 632 g/mol. The van der Waals surface area contributed by atoms with Crippen LogP contribution in [0.25, 0.3) is 22.0 Å². The Bertz CT molecular complexity index is 1670. The van der Waals surface area contributed by atoms with Crippen LogP contribution in [0, 0.1) is 11.7 Å². The lowest BCUT2D eigenvalue weighted by molar-refractivity contribution is -0.132. The van der Waals surface area contributed by atoms with Gasteiger partial charge in [-0.15, -0.1) is 23.1 Å². The summed E-state index contributed by atoms with van der Waals surface area (Å²) >= 11 is 3.22. The molecule has 1 fully saturated rings. The predicted octanol–water partition coefficient (Wildman–Crippen LogP) is 7.65. The summed E-state index contributed by atoms with van der Waals surface area (Å²) in [5.74, 6) is 0.917. The number of thiazole rings is 1. The molecule has 0 bridgehead atoms. The number of hydrogen-bond acceptors (Lipinski definition) is 7. The van der Waals surface area contributed by atoms with Gasteiger partial charge in [0.25, 0.3) is 0 Å². The summed E-state index contributed by atoms with van der Waals surface area (Å²) in [6, 6.07) is 17.1. The first-order valence-corrected chi connectivity index (χ1v) is 18.2. The predicted molar refractivity (Wildman–Crippen MR) is 191 cm³/mol. The minimum Gasteiger partial charge on any atom is -0.497 e. The van der Waals surface area contributed by atoms with Crippen LogP contribution in [-0.2, 0) is 15.3 Å². The summed E-state index contributed by atoms with van der Waals surface area (Å²) in [5.41, 5.74) is 2.71. The van der Waals surface area contributed by atoms with Crippen molar-refractivity contribution in [2.75, 3.05) is 14.2 Å². The molecule has 5 rings (SSSR count). The van der Waals surface area contributed by atoms with Crippen LogP contribution in [0.4, 0.5) is 4.39 Å². The van der Waals surface area contributed by atoms with E-state index in [9.17, 15) is 14.0 Å². The maximum atomic E-state index is 14.7. The number of fused-ring (bicyclic) bond motifs is 1. The molecule has 10 heteroatoms. The molecule has 47 heavy (non-hydrogen) atoms. The number of carbonyl (C=O) groups excluding carboxylic acids is 2. The summed E-state index contributed by atoms with van der Waals surface area (Å²) < 4.78 is 19.5. The first-order valence-electron chi connectivity index (χ1n) is 16.3. The van der Waals surface area contributed by atoms with Crippen molar-refractivity contribution in [2.45, 2.75) is 81.5 Å². The number of methoxy groups -OCH3 is 1. The molecule has 3 aromatic carbocycles. The number of nitrogens with zero attached hydrogens (tertiary/aromatic N) is 1. The Balaban J connectivity index is 1.48. The van der Waals surface area contributed by atoms with Crippen molar-refractivity contribution in [1.82, 2.24) is 20.9 Å². The number of likely N-dealkylation sites (N-methyl/N-ethyl adjacent to an activating group) is 1. The molecule has 0 aliphatic heterocycles. The number of amides is 2.